The van der Waals surface area contributed by atoms with E-state index in [0.717, 1.165) is 0 Å². The second kappa shape index (κ2) is 7.34. The van der Waals surface area contributed by atoms with Gasteiger partial charge in [-0.05, 0) is 18.8 Å². The van der Waals surface area contributed by atoms with Gasteiger partial charge in [0.1, 0.15) is 0 Å². The first-order valence-corrected chi connectivity index (χ1v) is 7.93. The Labute approximate surface area is 107 Å². The number of sulfonamides is 1. The van der Waals surface area contributed by atoms with Crippen LogP contribution < -0.4 is 10.0 Å². The van der Waals surface area contributed by atoms with E-state index in [1.807, 2.05) is 13.8 Å². The van der Waals surface area contributed by atoms with Crippen molar-refractivity contribution in [2.24, 2.45) is 11.8 Å². The summed E-state index contributed by atoms with van der Waals surface area (Å²) < 4.78 is 26.5. The molecule has 0 spiro atoms. The fraction of sp³-hybridized carbons (Fsp3) is 1.00. The highest BCUT2D eigenvalue weighted by atomic mass is 32.2. The summed E-state index contributed by atoms with van der Waals surface area (Å²) in [5.41, 5.74) is 0. The number of nitrogens with one attached hydrogen (secondary N) is 2. The smallest absolute Gasteiger partial charge is 0.215 e. The Morgan fingerprint density at radius 3 is 1.88 bits per heavy atom. The molecule has 2 atom stereocenters. The molecule has 0 aromatic heterocycles. The monoisotopic (exact) mass is 264 g/mol. The van der Waals surface area contributed by atoms with Gasteiger partial charge in [-0.25, -0.2) is 13.1 Å². The molecule has 4 nitrogen and oxygen atoms in total. The third-order valence-electron chi connectivity index (χ3n) is 3.09. The fourth-order valence-electron chi connectivity index (χ4n) is 1.14. The molecule has 0 radical (unpaired) electrons. The van der Waals surface area contributed by atoms with Gasteiger partial charge in [-0.1, -0.05) is 34.6 Å². The number of hydrogen-bond donors (Lipinski definition) is 2. The van der Waals surface area contributed by atoms with Crippen molar-refractivity contribution in [3.8, 4) is 0 Å². The summed E-state index contributed by atoms with van der Waals surface area (Å²) in [6, 6.07) is 0.308. The lowest BCUT2D eigenvalue weighted by atomic mass is 9.99. The summed E-state index contributed by atoms with van der Waals surface area (Å²) in [6.07, 6.45) is 0. The topological polar surface area (TPSA) is 58.2 Å². The first-order valence-electron chi connectivity index (χ1n) is 6.38. The van der Waals surface area contributed by atoms with Crippen molar-refractivity contribution in [1.82, 2.24) is 10.0 Å². The zero-order valence-electron chi connectivity index (χ0n) is 11.9. The van der Waals surface area contributed by atoms with Gasteiger partial charge in [-0.2, -0.15) is 0 Å². The number of hydrogen-bond acceptors (Lipinski definition) is 3. The highest BCUT2D eigenvalue weighted by molar-refractivity contribution is 7.90. The lowest BCUT2D eigenvalue weighted by Gasteiger charge is -2.20. The summed E-state index contributed by atoms with van der Waals surface area (Å²) in [7, 11) is -3.20. The van der Waals surface area contributed by atoms with Gasteiger partial charge in [0.15, 0.2) is 0 Å². The molecule has 5 heteroatoms. The van der Waals surface area contributed by atoms with Crippen molar-refractivity contribution in [1.29, 1.82) is 0 Å². The van der Waals surface area contributed by atoms with Crippen LogP contribution in [-0.2, 0) is 10.0 Å². The third-order valence-corrected chi connectivity index (χ3v) is 4.88. The van der Waals surface area contributed by atoms with E-state index in [1.165, 1.54) is 0 Å². The Morgan fingerprint density at radius 2 is 1.47 bits per heavy atom. The molecule has 0 amide bonds. The Balaban J connectivity index is 4.19. The van der Waals surface area contributed by atoms with Crippen molar-refractivity contribution in [2.45, 2.75) is 52.8 Å². The molecule has 0 bridgehead atoms. The summed E-state index contributed by atoms with van der Waals surface area (Å²) in [4.78, 5) is 0. The maximum Gasteiger partial charge on any atom is 0.215 e. The van der Waals surface area contributed by atoms with Gasteiger partial charge >= 0.3 is 0 Å². The van der Waals surface area contributed by atoms with E-state index in [-0.39, 0.29) is 0 Å². The molecule has 0 saturated carbocycles. The average molecular weight is 264 g/mol. The molecule has 0 aromatic carbocycles. The van der Waals surface area contributed by atoms with Crippen LogP contribution in [0, 0.1) is 11.8 Å². The molecule has 0 aliphatic heterocycles. The van der Waals surface area contributed by atoms with E-state index in [0.29, 0.717) is 31.0 Å². The molecular formula is C12H28N2O2S. The molecule has 0 aromatic rings. The predicted molar refractivity (Wildman–Crippen MR) is 73.5 cm³/mol. The lowest BCUT2D eigenvalue weighted by molar-refractivity contribution is 0.413. The largest absolute Gasteiger partial charge is 0.313 e. The first-order chi connectivity index (χ1) is 7.66. The Morgan fingerprint density at radius 1 is 0.941 bits per heavy atom. The summed E-state index contributed by atoms with van der Waals surface area (Å²) >= 11 is 0. The molecule has 2 unspecified atom stereocenters. The summed E-state index contributed by atoms with van der Waals surface area (Å²) in [5.74, 6) is 0.844. The first kappa shape index (κ1) is 16.9. The SMILES string of the molecule is CC(C)NCC(C)S(=O)(=O)NCC(C)C(C)C. The van der Waals surface area contributed by atoms with Gasteiger partial charge in [0.25, 0.3) is 0 Å². The predicted octanol–water partition coefficient (Wildman–Crippen LogP) is 1.58. The van der Waals surface area contributed by atoms with E-state index in [9.17, 15) is 8.42 Å². The lowest BCUT2D eigenvalue weighted by Crippen LogP contribution is -2.42. The molecule has 0 heterocycles. The van der Waals surface area contributed by atoms with Gasteiger partial charge in [0.2, 0.25) is 10.0 Å². The normalized spacial score (nSPS) is 16.5. The second-order valence-corrected chi connectivity index (χ2v) is 7.67. The van der Waals surface area contributed by atoms with Crippen LogP contribution in [0.25, 0.3) is 0 Å². The Bertz CT molecular complexity index is 300. The average Bonchev–Trinajstić information content (AvgIpc) is 2.22. The molecule has 0 saturated heterocycles. The summed E-state index contributed by atoms with van der Waals surface area (Å²) in [5, 5.41) is 2.74. The van der Waals surface area contributed by atoms with Gasteiger partial charge in [-0.3, -0.25) is 0 Å². The van der Waals surface area contributed by atoms with Gasteiger partial charge in [0.05, 0.1) is 5.25 Å². The molecule has 0 rings (SSSR count). The Hall–Kier alpha value is -0.130. The standard InChI is InChI=1S/C12H28N2O2S/c1-9(2)11(5)7-14-17(15,16)12(6)8-13-10(3)4/h9-14H,7-8H2,1-6H3. The van der Waals surface area contributed by atoms with Crippen molar-refractivity contribution < 1.29 is 8.42 Å². The van der Waals surface area contributed by atoms with E-state index >= 15 is 0 Å². The maximum atomic E-state index is 11.9. The highest BCUT2D eigenvalue weighted by Crippen LogP contribution is 2.09. The van der Waals surface area contributed by atoms with Crippen molar-refractivity contribution in [3.63, 3.8) is 0 Å². The minimum atomic E-state index is -3.20. The van der Waals surface area contributed by atoms with Crippen LogP contribution in [0.1, 0.15) is 41.5 Å². The summed E-state index contributed by atoms with van der Waals surface area (Å²) in [6.45, 7) is 13.0. The quantitative estimate of drug-likeness (QED) is 0.700. The van der Waals surface area contributed by atoms with E-state index in [1.54, 1.807) is 6.92 Å². The van der Waals surface area contributed by atoms with Crippen molar-refractivity contribution >= 4 is 10.0 Å². The van der Waals surface area contributed by atoms with E-state index in [4.69, 9.17) is 0 Å². The van der Waals surface area contributed by atoms with Crippen LogP contribution in [0.3, 0.4) is 0 Å². The van der Waals surface area contributed by atoms with Crippen LogP contribution in [0.4, 0.5) is 0 Å². The fourth-order valence-corrected chi connectivity index (χ4v) is 2.23. The Kier molecular flexibility index (Phi) is 7.28. The van der Waals surface area contributed by atoms with Gasteiger partial charge in [-0.15, -0.1) is 0 Å². The molecule has 17 heavy (non-hydrogen) atoms. The van der Waals surface area contributed by atoms with Gasteiger partial charge < -0.3 is 5.32 Å². The molecule has 2 N–H and O–H groups in total. The third kappa shape index (κ3) is 7.01. The van der Waals surface area contributed by atoms with Crippen LogP contribution in [0.5, 0.6) is 0 Å². The zero-order valence-corrected chi connectivity index (χ0v) is 12.8. The van der Waals surface area contributed by atoms with Gasteiger partial charge in [0, 0.05) is 19.1 Å². The molecule has 0 aliphatic carbocycles. The maximum absolute atomic E-state index is 11.9. The number of rotatable bonds is 8. The molecule has 0 aliphatic rings. The second-order valence-electron chi connectivity index (χ2n) is 5.49. The van der Waals surface area contributed by atoms with E-state index in [2.05, 4.69) is 30.8 Å². The molecular weight excluding hydrogens is 236 g/mol. The highest BCUT2D eigenvalue weighted by Gasteiger charge is 2.21. The molecule has 0 fully saturated rings. The van der Waals surface area contributed by atoms with Crippen molar-refractivity contribution in [3.05, 3.63) is 0 Å². The van der Waals surface area contributed by atoms with Crippen LogP contribution in [0.2, 0.25) is 0 Å². The zero-order chi connectivity index (χ0) is 13.6. The van der Waals surface area contributed by atoms with Crippen LogP contribution in [-0.4, -0.2) is 32.8 Å². The minimum absolute atomic E-state index is 0.308. The van der Waals surface area contributed by atoms with Crippen molar-refractivity contribution in [2.75, 3.05) is 13.1 Å². The minimum Gasteiger partial charge on any atom is -0.313 e. The van der Waals surface area contributed by atoms with Crippen LogP contribution >= 0.6 is 0 Å². The molecule has 104 valence electrons. The van der Waals surface area contributed by atoms with Crippen LogP contribution in [0.15, 0.2) is 0 Å². The van der Waals surface area contributed by atoms with E-state index < -0.39 is 15.3 Å².